The number of esters is 1. The molecular weight excluding hydrogens is 390 g/mol. The number of carbonyl (C=O) groups is 1. The predicted octanol–water partition coefficient (Wildman–Crippen LogP) is 0.937. The van der Waals surface area contributed by atoms with Crippen LogP contribution in [0.4, 0.5) is 0 Å². The summed E-state index contributed by atoms with van der Waals surface area (Å²) in [7, 11) is 4.30. The summed E-state index contributed by atoms with van der Waals surface area (Å²) in [6, 6.07) is 7.47. The molecule has 0 aliphatic rings. The smallest absolute Gasteiger partial charge is 0.333 e. The molecule has 0 bridgehead atoms. The summed E-state index contributed by atoms with van der Waals surface area (Å²) >= 11 is 0. The van der Waals surface area contributed by atoms with E-state index in [9.17, 15) is 14.4 Å². The third-order valence-corrected chi connectivity index (χ3v) is 5.36. The first-order valence-electron chi connectivity index (χ1n) is 9.21. The van der Waals surface area contributed by atoms with Gasteiger partial charge in [0.05, 0.1) is 19.9 Å². The van der Waals surface area contributed by atoms with Gasteiger partial charge in [-0.2, -0.15) is 4.98 Å². The van der Waals surface area contributed by atoms with Gasteiger partial charge in [-0.1, -0.05) is 12.1 Å². The molecule has 3 heterocycles. The topological polar surface area (TPSA) is 102 Å². The number of benzene rings is 1. The van der Waals surface area contributed by atoms with Gasteiger partial charge in [-0.05, 0) is 26.0 Å². The molecule has 0 saturated heterocycles. The average Bonchev–Trinajstić information content (AvgIpc) is 3.25. The zero-order valence-electron chi connectivity index (χ0n) is 17.3. The Hall–Kier alpha value is -3.82. The molecule has 0 radical (unpaired) electrons. The molecule has 0 unspecified atom stereocenters. The van der Waals surface area contributed by atoms with Crippen LogP contribution in [0.2, 0.25) is 0 Å². The third kappa shape index (κ3) is 2.56. The molecule has 0 spiro atoms. The van der Waals surface area contributed by atoms with Gasteiger partial charge in [0.2, 0.25) is 5.78 Å². The highest BCUT2D eigenvalue weighted by Gasteiger charge is 2.24. The van der Waals surface area contributed by atoms with Crippen molar-refractivity contribution in [3.05, 3.63) is 56.5 Å². The largest absolute Gasteiger partial charge is 0.495 e. The van der Waals surface area contributed by atoms with E-state index >= 15 is 0 Å². The Morgan fingerprint density at radius 3 is 2.47 bits per heavy atom. The monoisotopic (exact) mass is 411 g/mol. The highest BCUT2D eigenvalue weighted by Crippen LogP contribution is 2.29. The van der Waals surface area contributed by atoms with Crippen molar-refractivity contribution in [3.8, 4) is 11.4 Å². The number of imidazole rings is 2. The number of carbonyl (C=O) groups excluding carboxylic acids is 1. The summed E-state index contributed by atoms with van der Waals surface area (Å²) in [6.45, 7) is 3.30. The number of ether oxygens (including phenoxy) is 2. The molecule has 0 N–H and O–H groups in total. The molecule has 156 valence electrons. The van der Waals surface area contributed by atoms with Crippen LogP contribution in [0.3, 0.4) is 0 Å². The van der Waals surface area contributed by atoms with Gasteiger partial charge < -0.3 is 9.47 Å². The van der Waals surface area contributed by atoms with Crippen molar-refractivity contribution in [2.45, 2.75) is 20.4 Å². The second-order valence-corrected chi connectivity index (χ2v) is 6.91. The summed E-state index contributed by atoms with van der Waals surface area (Å²) in [6.07, 6.45) is 0. The van der Waals surface area contributed by atoms with Gasteiger partial charge in [0.1, 0.15) is 12.3 Å². The van der Waals surface area contributed by atoms with Crippen LogP contribution in [0.25, 0.3) is 22.6 Å². The van der Waals surface area contributed by atoms with Crippen molar-refractivity contribution >= 4 is 22.9 Å². The Labute approximate surface area is 170 Å². The van der Waals surface area contributed by atoms with Crippen LogP contribution < -0.4 is 16.0 Å². The highest BCUT2D eigenvalue weighted by molar-refractivity contribution is 5.78. The number of aryl methyl sites for hydroxylation is 2. The van der Waals surface area contributed by atoms with Crippen molar-refractivity contribution in [1.82, 2.24) is 23.1 Å². The molecule has 4 aromatic rings. The van der Waals surface area contributed by atoms with Gasteiger partial charge in [-0.3, -0.25) is 23.1 Å². The minimum Gasteiger partial charge on any atom is -0.495 e. The van der Waals surface area contributed by atoms with Crippen LogP contribution in [0.5, 0.6) is 5.75 Å². The van der Waals surface area contributed by atoms with E-state index in [0.717, 1.165) is 21.6 Å². The summed E-state index contributed by atoms with van der Waals surface area (Å²) in [5.74, 6) is 0.420. The van der Waals surface area contributed by atoms with Gasteiger partial charge in [-0.25, -0.2) is 9.36 Å². The quantitative estimate of drug-likeness (QED) is 0.463. The fraction of sp³-hybridized carbons (Fsp3) is 0.300. The number of methoxy groups -OCH3 is 2. The Morgan fingerprint density at radius 1 is 1.10 bits per heavy atom. The van der Waals surface area contributed by atoms with Crippen LogP contribution >= 0.6 is 0 Å². The molecule has 0 saturated carbocycles. The highest BCUT2D eigenvalue weighted by atomic mass is 16.5. The SMILES string of the molecule is COC(=O)Cn1c(=O)c2c(nc3n(-c4ccccc4OC)c(C)c(C)n23)n(C)c1=O. The van der Waals surface area contributed by atoms with Gasteiger partial charge >= 0.3 is 11.7 Å². The summed E-state index contributed by atoms with van der Waals surface area (Å²) in [5, 5.41) is 0. The van der Waals surface area contributed by atoms with E-state index < -0.39 is 23.8 Å². The van der Waals surface area contributed by atoms with E-state index in [-0.39, 0.29) is 11.2 Å². The lowest BCUT2D eigenvalue weighted by atomic mass is 10.2. The van der Waals surface area contributed by atoms with E-state index in [4.69, 9.17) is 4.74 Å². The summed E-state index contributed by atoms with van der Waals surface area (Å²) in [5.41, 5.74) is 1.59. The molecule has 0 atom stereocenters. The zero-order valence-corrected chi connectivity index (χ0v) is 17.3. The maximum Gasteiger partial charge on any atom is 0.333 e. The van der Waals surface area contributed by atoms with E-state index in [1.54, 1.807) is 11.5 Å². The molecule has 0 aliphatic heterocycles. The second kappa shape index (κ2) is 6.90. The molecule has 30 heavy (non-hydrogen) atoms. The number of rotatable bonds is 4. The molecule has 10 heteroatoms. The van der Waals surface area contributed by atoms with Crippen molar-refractivity contribution in [2.24, 2.45) is 7.05 Å². The first kappa shape index (κ1) is 19.5. The number of aromatic nitrogens is 5. The van der Waals surface area contributed by atoms with E-state index in [0.29, 0.717) is 11.5 Å². The molecule has 0 fully saturated rings. The second-order valence-electron chi connectivity index (χ2n) is 6.91. The number of hydrogen-bond donors (Lipinski definition) is 0. The normalized spacial score (nSPS) is 11.4. The average molecular weight is 411 g/mol. The van der Waals surface area contributed by atoms with Crippen LogP contribution in [-0.4, -0.2) is 43.3 Å². The summed E-state index contributed by atoms with van der Waals surface area (Å²) in [4.78, 5) is 42.3. The first-order valence-corrected chi connectivity index (χ1v) is 9.21. The Kier molecular flexibility index (Phi) is 4.49. The maximum absolute atomic E-state index is 13.2. The fourth-order valence-corrected chi connectivity index (χ4v) is 3.69. The zero-order chi connectivity index (χ0) is 21.7. The summed E-state index contributed by atoms with van der Waals surface area (Å²) < 4.78 is 15.8. The molecule has 1 aromatic carbocycles. The number of fused-ring (bicyclic) bond motifs is 3. The molecule has 4 rings (SSSR count). The standard InChI is InChI=1S/C20H21N5O5/c1-11-12(2)25-16-17(22(3)20(28)23(18(16)27)10-15(26)30-5)21-19(25)24(11)13-8-6-7-9-14(13)29-4/h6-9H,10H2,1-5H3. The Morgan fingerprint density at radius 2 is 1.80 bits per heavy atom. The van der Waals surface area contributed by atoms with Gasteiger partial charge in [0, 0.05) is 18.4 Å². The molecule has 3 aromatic heterocycles. The van der Waals surface area contributed by atoms with Crippen LogP contribution in [0, 0.1) is 13.8 Å². The lowest BCUT2D eigenvalue weighted by molar-refractivity contribution is -0.141. The maximum atomic E-state index is 13.2. The molecule has 0 amide bonds. The van der Waals surface area contributed by atoms with Gasteiger partial charge in [0.25, 0.3) is 5.56 Å². The lowest BCUT2D eigenvalue weighted by Gasteiger charge is -2.11. The number of nitrogens with zero attached hydrogens (tertiary/aromatic N) is 5. The van der Waals surface area contributed by atoms with Crippen LogP contribution in [-0.2, 0) is 23.1 Å². The van der Waals surface area contributed by atoms with E-state index in [2.05, 4.69) is 9.72 Å². The van der Waals surface area contributed by atoms with Gasteiger partial charge in [0.15, 0.2) is 11.2 Å². The Balaban J connectivity index is 2.16. The van der Waals surface area contributed by atoms with E-state index in [1.165, 1.54) is 18.7 Å². The van der Waals surface area contributed by atoms with E-state index in [1.807, 2.05) is 42.7 Å². The van der Waals surface area contributed by atoms with Crippen molar-refractivity contribution in [3.63, 3.8) is 0 Å². The van der Waals surface area contributed by atoms with Crippen LogP contribution in [0.15, 0.2) is 33.9 Å². The van der Waals surface area contributed by atoms with Crippen molar-refractivity contribution in [2.75, 3.05) is 14.2 Å². The lowest BCUT2D eigenvalue weighted by Crippen LogP contribution is -2.41. The third-order valence-electron chi connectivity index (χ3n) is 5.36. The molecular formula is C20H21N5O5. The minimum atomic E-state index is -0.686. The Bertz CT molecular complexity index is 1440. The molecule has 0 aliphatic carbocycles. The van der Waals surface area contributed by atoms with Crippen molar-refractivity contribution in [1.29, 1.82) is 0 Å². The van der Waals surface area contributed by atoms with Crippen molar-refractivity contribution < 1.29 is 14.3 Å². The number of para-hydroxylation sites is 2. The fourth-order valence-electron chi connectivity index (χ4n) is 3.69. The predicted molar refractivity (Wildman–Crippen MR) is 110 cm³/mol. The van der Waals surface area contributed by atoms with Gasteiger partial charge in [-0.15, -0.1) is 0 Å². The van der Waals surface area contributed by atoms with Crippen LogP contribution in [0.1, 0.15) is 11.4 Å². The minimum absolute atomic E-state index is 0.213. The first-order chi connectivity index (χ1) is 14.3. The number of hydrogen-bond acceptors (Lipinski definition) is 6. The molecule has 10 nitrogen and oxygen atoms in total.